The molecule has 9 nitrogen and oxygen atoms in total. The molecule has 0 atom stereocenters. The van der Waals surface area contributed by atoms with E-state index in [1.165, 1.54) is 41.1 Å². The molecule has 0 saturated carbocycles. The van der Waals surface area contributed by atoms with Gasteiger partial charge >= 0.3 is 12.2 Å². The predicted molar refractivity (Wildman–Crippen MR) is 133 cm³/mol. The number of halogens is 3. The van der Waals surface area contributed by atoms with Gasteiger partial charge in [-0.3, -0.25) is 14.9 Å². The van der Waals surface area contributed by atoms with Crippen LogP contribution in [0.25, 0.3) is 17.1 Å². The molecule has 3 aromatic carbocycles. The van der Waals surface area contributed by atoms with Gasteiger partial charge in [0.25, 0.3) is 11.6 Å². The quantitative estimate of drug-likeness (QED) is 0.218. The molecular formula is C26H22F3N5O4. The Hall–Kier alpha value is -4.74. The summed E-state index contributed by atoms with van der Waals surface area (Å²) >= 11 is 0. The van der Waals surface area contributed by atoms with Gasteiger partial charge in [0.05, 0.1) is 22.8 Å². The lowest BCUT2D eigenvalue weighted by Gasteiger charge is -2.10. The topological polar surface area (TPSA) is 112 Å². The maximum absolute atomic E-state index is 13.0. The minimum absolute atomic E-state index is 0.0733. The zero-order valence-corrected chi connectivity index (χ0v) is 20.3. The number of alkyl halides is 3. The number of hydrogen-bond acceptors (Lipinski definition) is 6. The van der Waals surface area contributed by atoms with E-state index in [4.69, 9.17) is 4.74 Å². The first-order valence-electron chi connectivity index (χ1n) is 11.4. The van der Waals surface area contributed by atoms with Crippen molar-refractivity contribution in [3.8, 4) is 23.1 Å². The lowest BCUT2D eigenvalue weighted by Crippen LogP contribution is -2.12. The molecule has 1 N–H and O–H groups in total. The molecule has 38 heavy (non-hydrogen) atoms. The first-order chi connectivity index (χ1) is 18.0. The summed E-state index contributed by atoms with van der Waals surface area (Å²) in [5.74, 6) is 0.0264. The number of non-ortho nitro benzene ring substituents is 1. The van der Waals surface area contributed by atoms with Crippen molar-refractivity contribution in [3.05, 3.63) is 94.0 Å². The van der Waals surface area contributed by atoms with Crippen LogP contribution in [-0.2, 0) is 6.18 Å². The molecule has 0 aliphatic heterocycles. The van der Waals surface area contributed by atoms with Gasteiger partial charge in [-0.1, -0.05) is 26.0 Å². The number of hydrogen-bond donors (Lipinski definition) is 1. The molecule has 12 heteroatoms. The molecule has 0 fully saturated rings. The minimum Gasteiger partial charge on any atom is -0.462 e. The van der Waals surface area contributed by atoms with Crippen molar-refractivity contribution in [2.24, 2.45) is 5.92 Å². The van der Waals surface area contributed by atoms with Crippen LogP contribution in [0.3, 0.4) is 0 Å². The fourth-order valence-corrected chi connectivity index (χ4v) is 3.39. The molecule has 0 radical (unpaired) electrons. The number of benzene rings is 3. The highest BCUT2D eigenvalue weighted by Gasteiger charge is 2.30. The fourth-order valence-electron chi connectivity index (χ4n) is 3.39. The van der Waals surface area contributed by atoms with Crippen LogP contribution in [0, 0.1) is 16.0 Å². The molecule has 1 aromatic heterocycles. The SMILES string of the molecule is CC(C)COc1nc(-c2ccc(C(F)(F)F)cc2)n(-c2ccc(NC(=O)c3ccc([N+](=O)[O-])cc3)cc2)n1. The lowest BCUT2D eigenvalue weighted by molar-refractivity contribution is -0.384. The van der Waals surface area contributed by atoms with Crippen molar-refractivity contribution >= 4 is 17.3 Å². The monoisotopic (exact) mass is 525 g/mol. The van der Waals surface area contributed by atoms with Crippen molar-refractivity contribution < 1.29 is 27.6 Å². The summed E-state index contributed by atoms with van der Waals surface area (Å²) in [6.07, 6.45) is -4.47. The Labute approximate surface area is 215 Å². The normalized spacial score (nSPS) is 11.4. The van der Waals surface area contributed by atoms with Crippen molar-refractivity contribution in [1.82, 2.24) is 14.8 Å². The summed E-state index contributed by atoms with van der Waals surface area (Å²) in [6, 6.07) is 16.4. The number of nitrogens with one attached hydrogen (secondary N) is 1. The van der Waals surface area contributed by atoms with Crippen molar-refractivity contribution in [2.75, 3.05) is 11.9 Å². The Morgan fingerprint density at radius 1 is 1.03 bits per heavy atom. The van der Waals surface area contributed by atoms with Crippen LogP contribution in [-0.4, -0.2) is 32.2 Å². The van der Waals surface area contributed by atoms with Crippen molar-refractivity contribution in [1.29, 1.82) is 0 Å². The number of rotatable bonds is 8. The van der Waals surface area contributed by atoms with Gasteiger partial charge in [0.1, 0.15) is 0 Å². The third kappa shape index (κ3) is 6.14. The minimum atomic E-state index is -4.47. The predicted octanol–water partition coefficient (Wildman–Crippen LogP) is 6.15. The first kappa shape index (κ1) is 26.3. The third-order valence-corrected chi connectivity index (χ3v) is 5.31. The van der Waals surface area contributed by atoms with Crippen LogP contribution in [0.2, 0.25) is 0 Å². The maximum Gasteiger partial charge on any atom is 0.416 e. The molecule has 196 valence electrons. The smallest absolute Gasteiger partial charge is 0.416 e. The number of anilines is 1. The number of carbonyl (C=O) groups is 1. The number of nitrogens with zero attached hydrogens (tertiary/aromatic N) is 4. The summed E-state index contributed by atoms with van der Waals surface area (Å²) in [5.41, 5.74) is 0.716. The fraction of sp³-hybridized carbons (Fsp3) is 0.192. The van der Waals surface area contributed by atoms with E-state index in [1.807, 2.05) is 13.8 Å². The van der Waals surface area contributed by atoms with Crippen LogP contribution in [0.4, 0.5) is 24.5 Å². The Kier molecular flexibility index (Phi) is 7.42. The number of nitro groups is 1. The van der Waals surface area contributed by atoms with E-state index in [0.717, 1.165) is 12.1 Å². The molecule has 4 rings (SSSR count). The average Bonchev–Trinajstić information content (AvgIpc) is 3.32. The summed E-state index contributed by atoms with van der Waals surface area (Å²) in [5, 5.41) is 17.9. The van der Waals surface area contributed by atoms with E-state index in [1.54, 1.807) is 24.3 Å². The van der Waals surface area contributed by atoms with Crippen LogP contribution >= 0.6 is 0 Å². The molecule has 0 bridgehead atoms. The van der Waals surface area contributed by atoms with Crippen LogP contribution < -0.4 is 10.1 Å². The molecule has 0 spiro atoms. The van der Waals surface area contributed by atoms with Gasteiger partial charge in [0.2, 0.25) is 0 Å². The summed E-state index contributed by atoms with van der Waals surface area (Å²) in [6.45, 7) is 4.26. The highest BCUT2D eigenvalue weighted by Crippen LogP contribution is 2.32. The van der Waals surface area contributed by atoms with E-state index in [0.29, 0.717) is 23.5 Å². The van der Waals surface area contributed by atoms with E-state index in [9.17, 15) is 28.1 Å². The molecule has 0 aliphatic carbocycles. The number of amides is 1. The highest BCUT2D eigenvalue weighted by molar-refractivity contribution is 6.04. The number of nitro benzene ring substituents is 1. The Bertz CT molecular complexity index is 1430. The Morgan fingerprint density at radius 2 is 1.66 bits per heavy atom. The van der Waals surface area contributed by atoms with Gasteiger partial charge in [-0.25, -0.2) is 4.68 Å². The van der Waals surface area contributed by atoms with E-state index >= 15 is 0 Å². The average molecular weight is 525 g/mol. The van der Waals surface area contributed by atoms with Crippen molar-refractivity contribution in [2.45, 2.75) is 20.0 Å². The van der Waals surface area contributed by atoms with E-state index < -0.39 is 22.6 Å². The van der Waals surface area contributed by atoms with Gasteiger partial charge in [-0.15, -0.1) is 5.10 Å². The van der Waals surface area contributed by atoms with Gasteiger partial charge in [-0.05, 0) is 54.4 Å². The molecule has 1 amide bonds. The number of carbonyl (C=O) groups excluding carboxylic acids is 1. The lowest BCUT2D eigenvalue weighted by atomic mass is 10.1. The molecule has 4 aromatic rings. The Morgan fingerprint density at radius 3 is 2.21 bits per heavy atom. The van der Waals surface area contributed by atoms with Crippen LogP contribution in [0.5, 0.6) is 6.01 Å². The summed E-state index contributed by atoms with van der Waals surface area (Å²) in [7, 11) is 0. The highest BCUT2D eigenvalue weighted by atomic mass is 19.4. The molecule has 0 saturated heterocycles. The number of ether oxygens (including phenoxy) is 1. The molecule has 0 unspecified atom stereocenters. The van der Waals surface area contributed by atoms with E-state index in [2.05, 4.69) is 15.4 Å². The van der Waals surface area contributed by atoms with Crippen LogP contribution in [0.1, 0.15) is 29.8 Å². The second kappa shape index (κ2) is 10.7. The van der Waals surface area contributed by atoms with Gasteiger partial charge in [0, 0.05) is 28.9 Å². The van der Waals surface area contributed by atoms with Gasteiger partial charge in [-0.2, -0.15) is 18.2 Å². The Balaban J connectivity index is 1.59. The maximum atomic E-state index is 13.0. The second-order valence-corrected chi connectivity index (χ2v) is 8.71. The second-order valence-electron chi connectivity index (χ2n) is 8.71. The van der Waals surface area contributed by atoms with E-state index in [-0.39, 0.29) is 29.0 Å². The molecular weight excluding hydrogens is 503 g/mol. The summed E-state index contributed by atoms with van der Waals surface area (Å²) < 4.78 is 46.1. The third-order valence-electron chi connectivity index (χ3n) is 5.31. The van der Waals surface area contributed by atoms with Crippen molar-refractivity contribution in [3.63, 3.8) is 0 Å². The molecule has 0 aliphatic rings. The van der Waals surface area contributed by atoms with Gasteiger partial charge < -0.3 is 10.1 Å². The largest absolute Gasteiger partial charge is 0.462 e. The number of aromatic nitrogens is 3. The zero-order chi connectivity index (χ0) is 27.4. The zero-order valence-electron chi connectivity index (χ0n) is 20.3. The first-order valence-corrected chi connectivity index (χ1v) is 11.4. The van der Waals surface area contributed by atoms with Crippen LogP contribution in [0.15, 0.2) is 72.8 Å². The standard InChI is InChI=1S/C26H22F3N5O4/c1-16(2)15-38-25-31-23(17-3-7-19(8-4-17)26(27,28)29)33(32-25)21-13-9-20(10-14-21)30-24(35)18-5-11-22(12-6-18)34(36)37/h3-14,16H,15H2,1-2H3,(H,30,35). The van der Waals surface area contributed by atoms with Gasteiger partial charge in [0.15, 0.2) is 5.82 Å². The summed E-state index contributed by atoms with van der Waals surface area (Å²) in [4.78, 5) is 27.1. The molecule has 1 heterocycles.